The summed E-state index contributed by atoms with van der Waals surface area (Å²) in [6, 6.07) is 54.8. The van der Waals surface area contributed by atoms with Gasteiger partial charge in [0, 0.05) is 49.2 Å². The van der Waals surface area contributed by atoms with Crippen LogP contribution in [-0.4, -0.2) is 4.98 Å². The quantitative estimate of drug-likeness (QED) is 0.214. The van der Waals surface area contributed by atoms with E-state index in [1.165, 1.54) is 55.4 Å². The SMILES string of the molecule is CC1(C)c2ccccc2N(c2ccc(-c3cccc4c3oc3ccccc34)cc2)c2ccc(-c3ccc4[nH]c5ccccc5c4c3)cc21. The summed E-state index contributed by atoms with van der Waals surface area (Å²) in [6.07, 6.45) is 0. The third kappa shape index (κ3) is 3.88. The molecule has 2 aromatic heterocycles. The number of rotatable bonds is 3. The van der Waals surface area contributed by atoms with Crippen LogP contribution in [0.4, 0.5) is 17.1 Å². The Bertz CT molecular complexity index is 2710. The van der Waals surface area contributed by atoms with Gasteiger partial charge in [0.25, 0.3) is 0 Å². The van der Waals surface area contributed by atoms with Crippen LogP contribution in [0, 0.1) is 0 Å². The predicted molar refractivity (Wildman–Crippen MR) is 201 cm³/mol. The van der Waals surface area contributed by atoms with Crippen LogP contribution in [0.25, 0.3) is 66.0 Å². The Labute approximate surface area is 278 Å². The molecule has 0 spiro atoms. The monoisotopic (exact) mass is 616 g/mol. The average Bonchev–Trinajstić information content (AvgIpc) is 3.70. The van der Waals surface area contributed by atoms with Crippen LogP contribution in [0.15, 0.2) is 156 Å². The maximum atomic E-state index is 6.38. The first kappa shape index (κ1) is 27.1. The van der Waals surface area contributed by atoms with Crippen molar-refractivity contribution in [2.24, 2.45) is 0 Å². The number of H-pyrrole nitrogens is 1. The first-order valence-electron chi connectivity index (χ1n) is 16.6. The van der Waals surface area contributed by atoms with Gasteiger partial charge in [-0.1, -0.05) is 111 Å². The lowest BCUT2D eigenvalue weighted by Gasteiger charge is -2.42. The highest BCUT2D eigenvalue weighted by Gasteiger charge is 2.37. The van der Waals surface area contributed by atoms with E-state index in [4.69, 9.17) is 4.42 Å². The third-order valence-electron chi connectivity index (χ3n) is 10.4. The molecule has 0 aliphatic carbocycles. The van der Waals surface area contributed by atoms with Crippen molar-refractivity contribution in [3.05, 3.63) is 163 Å². The molecule has 0 radical (unpaired) electrons. The molecular formula is C45H32N2O. The minimum atomic E-state index is -0.180. The van der Waals surface area contributed by atoms with E-state index in [0.717, 1.165) is 38.8 Å². The Morgan fingerprint density at radius 3 is 2.06 bits per heavy atom. The smallest absolute Gasteiger partial charge is 0.143 e. The first-order valence-corrected chi connectivity index (χ1v) is 16.6. The molecule has 0 atom stereocenters. The van der Waals surface area contributed by atoms with Crippen LogP contribution in [0.1, 0.15) is 25.0 Å². The van der Waals surface area contributed by atoms with E-state index in [1.807, 2.05) is 12.1 Å². The van der Waals surface area contributed by atoms with Crippen molar-refractivity contribution in [1.29, 1.82) is 0 Å². The maximum Gasteiger partial charge on any atom is 0.143 e. The number of para-hydroxylation sites is 4. The molecule has 1 aliphatic heterocycles. The van der Waals surface area contributed by atoms with Gasteiger partial charge in [-0.15, -0.1) is 0 Å². The van der Waals surface area contributed by atoms with Gasteiger partial charge in [-0.25, -0.2) is 0 Å². The van der Waals surface area contributed by atoms with Gasteiger partial charge in [0.05, 0.1) is 11.4 Å². The highest BCUT2D eigenvalue weighted by Crippen LogP contribution is 2.53. The zero-order valence-electron chi connectivity index (χ0n) is 26.8. The Morgan fingerprint density at radius 1 is 0.500 bits per heavy atom. The molecule has 10 rings (SSSR count). The van der Waals surface area contributed by atoms with Crippen LogP contribution in [0.5, 0.6) is 0 Å². The number of nitrogens with one attached hydrogen (secondary N) is 1. The fourth-order valence-electron chi connectivity index (χ4n) is 7.95. The van der Waals surface area contributed by atoms with Crippen LogP contribution in [0.2, 0.25) is 0 Å². The molecule has 0 amide bonds. The summed E-state index contributed by atoms with van der Waals surface area (Å²) in [7, 11) is 0. The largest absolute Gasteiger partial charge is 0.455 e. The Hall–Kier alpha value is -6.06. The minimum Gasteiger partial charge on any atom is -0.455 e. The van der Waals surface area contributed by atoms with E-state index in [9.17, 15) is 0 Å². The van der Waals surface area contributed by atoms with Gasteiger partial charge < -0.3 is 14.3 Å². The number of hydrogen-bond acceptors (Lipinski definition) is 2. The number of anilines is 3. The molecule has 0 saturated carbocycles. The number of fused-ring (bicyclic) bond motifs is 8. The van der Waals surface area contributed by atoms with Crippen molar-refractivity contribution < 1.29 is 4.42 Å². The lowest BCUT2D eigenvalue weighted by atomic mass is 9.73. The van der Waals surface area contributed by atoms with Crippen LogP contribution < -0.4 is 4.90 Å². The van der Waals surface area contributed by atoms with E-state index in [2.05, 4.69) is 163 Å². The normalized spacial score (nSPS) is 13.8. The Balaban J connectivity index is 1.10. The number of hydrogen-bond donors (Lipinski definition) is 1. The molecule has 1 N–H and O–H groups in total. The maximum absolute atomic E-state index is 6.38. The van der Waals surface area contributed by atoms with Crippen molar-refractivity contribution in [3.8, 4) is 22.3 Å². The van der Waals surface area contributed by atoms with Gasteiger partial charge in [0.15, 0.2) is 0 Å². The number of nitrogens with zero attached hydrogens (tertiary/aromatic N) is 1. The van der Waals surface area contributed by atoms with Crippen molar-refractivity contribution >= 4 is 60.8 Å². The van der Waals surface area contributed by atoms with Crippen LogP contribution >= 0.6 is 0 Å². The van der Waals surface area contributed by atoms with Gasteiger partial charge in [0.1, 0.15) is 11.2 Å². The summed E-state index contributed by atoms with van der Waals surface area (Å²) in [4.78, 5) is 6.00. The van der Waals surface area contributed by atoms with Crippen LogP contribution in [0.3, 0.4) is 0 Å². The third-order valence-corrected chi connectivity index (χ3v) is 10.4. The first-order chi connectivity index (χ1) is 23.5. The summed E-state index contributed by atoms with van der Waals surface area (Å²) < 4.78 is 6.38. The molecule has 3 heterocycles. The highest BCUT2D eigenvalue weighted by molar-refractivity contribution is 6.10. The number of aromatic amines is 1. The zero-order chi connectivity index (χ0) is 32.0. The van der Waals surface area contributed by atoms with Gasteiger partial charge >= 0.3 is 0 Å². The second-order valence-electron chi connectivity index (χ2n) is 13.5. The zero-order valence-corrected chi connectivity index (χ0v) is 26.8. The molecule has 1 aliphatic rings. The fraction of sp³-hybridized carbons (Fsp3) is 0.0667. The van der Waals surface area contributed by atoms with Crippen molar-refractivity contribution in [3.63, 3.8) is 0 Å². The van der Waals surface area contributed by atoms with Gasteiger partial charge in [-0.3, -0.25) is 0 Å². The Morgan fingerprint density at radius 2 is 1.17 bits per heavy atom. The van der Waals surface area contributed by atoms with Crippen molar-refractivity contribution in [2.45, 2.75) is 19.3 Å². The number of furan rings is 1. The van der Waals surface area contributed by atoms with Gasteiger partial charge in [0.2, 0.25) is 0 Å². The molecule has 3 nitrogen and oxygen atoms in total. The lowest BCUT2D eigenvalue weighted by Crippen LogP contribution is -2.30. The summed E-state index contributed by atoms with van der Waals surface area (Å²) >= 11 is 0. The number of aromatic nitrogens is 1. The lowest BCUT2D eigenvalue weighted by molar-refractivity contribution is 0.632. The second-order valence-corrected chi connectivity index (χ2v) is 13.5. The molecule has 0 bridgehead atoms. The van der Waals surface area contributed by atoms with Crippen molar-refractivity contribution in [1.82, 2.24) is 4.98 Å². The molecule has 0 saturated heterocycles. The van der Waals surface area contributed by atoms with E-state index >= 15 is 0 Å². The van der Waals surface area contributed by atoms with E-state index in [-0.39, 0.29) is 5.41 Å². The van der Waals surface area contributed by atoms with E-state index in [1.54, 1.807) is 0 Å². The highest BCUT2D eigenvalue weighted by atomic mass is 16.3. The fourth-order valence-corrected chi connectivity index (χ4v) is 7.95. The molecule has 0 fully saturated rings. The van der Waals surface area contributed by atoms with Crippen LogP contribution in [-0.2, 0) is 5.41 Å². The summed E-state index contributed by atoms with van der Waals surface area (Å²) in [5, 5.41) is 4.81. The topological polar surface area (TPSA) is 32.2 Å². The summed E-state index contributed by atoms with van der Waals surface area (Å²) in [5.41, 5.74) is 14.9. The molecule has 9 aromatic rings. The predicted octanol–water partition coefficient (Wildman–Crippen LogP) is 12.7. The molecule has 48 heavy (non-hydrogen) atoms. The minimum absolute atomic E-state index is 0.180. The standard InChI is InChI=1S/C45H32N2O/c1-45(2)37-14-5-7-16-41(37)47(31-22-18-28(19-23-31)32-12-9-13-35-34-11-4-8-17-43(34)48-44(32)35)42-25-21-30(27-38(42)45)29-20-24-40-36(26-29)33-10-3-6-15-39(33)46-40/h3-27,46H,1-2H3. The van der Waals surface area contributed by atoms with E-state index < -0.39 is 0 Å². The molecule has 0 unspecified atom stereocenters. The summed E-state index contributed by atoms with van der Waals surface area (Å²) in [5.74, 6) is 0. The Kier molecular flexibility index (Phi) is 5.63. The van der Waals surface area contributed by atoms with E-state index in [0.29, 0.717) is 0 Å². The molecule has 228 valence electrons. The molecular weight excluding hydrogens is 585 g/mol. The molecule has 3 heteroatoms. The second kappa shape index (κ2) is 9.97. The average molecular weight is 617 g/mol. The summed E-state index contributed by atoms with van der Waals surface area (Å²) in [6.45, 7) is 4.71. The van der Waals surface area contributed by atoms with Gasteiger partial charge in [-0.2, -0.15) is 0 Å². The van der Waals surface area contributed by atoms with Crippen molar-refractivity contribution in [2.75, 3.05) is 4.90 Å². The van der Waals surface area contributed by atoms with Gasteiger partial charge in [-0.05, 0) is 82.4 Å². The number of benzene rings is 7. The molecule has 7 aromatic carbocycles.